The molecule has 0 aliphatic carbocycles. The third kappa shape index (κ3) is 6.55. The summed E-state index contributed by atoms with van der Waals surface area (Å²) in [4.78, 5) is 36.9. The van der Waals surface area contributed by atoms with Gasteiger partial charge in [0.25, 0.3) is 5.91 Å². The maximum atomic E-state index is 12.5. The van der Waals surface area contributed by atoms with Crippen LogP contribution in [-0.4, -0.2) is 86.8 Å². The van der Waals surface area contributed by atoms with Gasteiger partial charge in [-0.15, -0.1) is 0 Å². The first-order chi connectivity index (χ1) is 15.6. The van der Waals surface area contributed by atoms with Gasteiger partial charge >= 0.3 is 5.97 Å². The smallest absolute Gasteiger partial charge is 0.343 e. The lowest BCUT2D eigenvalue weighted by atomic mass is 10.2. The predicted octanol–water partition coefficient (Wildman–Crippen LogP) is 0.979. The summed E-state index contributed by atoms with van der Waals surface area (Å²) in [6.45, 7) is 4.91. The van der Waals surface area contributed by atoms with Gasteiger partial charge in [0.05, 0.1) is 14.2 Å². The van der Waals surface area contributed by atoms with E-state index in [1.54, 1.807) is 30.6 Å². The largest absolute Gasteiger partial charge is 0.493 e. The van der Waals surface area contributed by atoms with Crippen molar-refractivity contribution in [3.63, 3.8) is 0 Å². The number of anilines is 1. The van der Waals surface area contributed by atoms with E-state index in [1.165, 1.54) is 14.2 Å². The van der Waals surface area contributed by atoms with Crippen molar-refractivity contribution in [1.29, 1.82) is 0 Å². The molecule has 1 aromatic heterocycles. The number of carbonyl (C=O) groups is 2. The van der Waals surface area contributed by atoms with E-state index in [0.717, 1.165) is 45.1 Å². The van der Waals surface area contributed by atoms with E-state index in [1.807, 2.05) is 6.07 Å². The van der Waals surface area contributed by atoms with E-state index < -0.39 is 5.97 Å². The van der Waals surface area contributed by atoms with Crippen LogP contribution in [0.4, 0.5) is 5.95 Å². The molecule has 0 spiro atoms. The Balaban J connectivity index is 1.39. The molecule has 3 rings (SSSR count). The number of piperazine rings is 1. The zero-order chi connectivity index (χ0) is 22.8. The fraction of sp³-hybridized carbons (Fsp3) is 0.455. The Morgan fingerprint density at radius 2 is 1.81 bits per heavy atom. The van der Waals surface area contributed by atoms with Gasteiger partial charge in [0.15, 0.2) is 18.1 Å². The van der Waals surface area contributed by atoms with Crippen molar-refractivity contribution in [2.75, 3.05) is 65.0 Å². The number of amides is 1. The van der Waals surface area contributed by atoms with Crippen molar-refractivity contribution >= 4 is 17.8 Å². The lowest BCUT2D eigenvalue weighted by molar-refractivity contribution is -0.142. The van der Waals surface area contributed by atoms with E-state index in [0.29, 0.717) is 23.6 Å². The summed E-state index contributed by atoms with van der Waals surface area (Å²) in [5, 5.41) is 2.94. The fourth-order valence-electron chi connectivity index (χ4n) is 3.36. The Labute approximate surface area is 187 Å². The quantitative estimate of drug-likeness (QED) is 0.425. The third-order valence-corrected chi connectivity index (χ3v) is 5.14. The Kier molecular flexibility index (Phi) is 8.61. The highest BCUT2D eigenvalue weighted by Gasteiger charge is 2.18. The van der Waals surface area contributed by atoms with Crippen LogP contribution in [0.5, 0.6) is 11.5 Å². The van der Waals surface area contributed by atoms with Gasteiger partial charge in [0.2, 0.25) is 5.95 Å². The highest BCUT2D eigenvalue weighted by molar-refractivity contribution is 5.94. The van der Waals surface area contributed by atoms with Crippen LogP contribution in [0.25, 0.3) is 0 Å². The van der Waals surface area contributed by atoms with Crippen LogP contribution in [0, 0.1) is 0 Å². The van der Waals surface area contributed by atoms with Crippen LogP contribution in [-0.2, 0) is 9.53 Å². The fourth-order valence-corrected chi connectivity index (χ4v) is 3.36. The number of nitrogens with one attached hydrogen (secondary N) is 1. The summed E-state index contributed by atoms with van der Waals surface area (Å²) in [6.07, 6.45) is 4.37. The highest BCUT2D eigenvalue weighted by atomic mass is 16.6. The first-order valence-corrected chi connectivity index (χ1v) is 10.5. The van der Waals surface area contributed by atoms with Crippen LogP contribution < -0.4 is 19.7 Å². The molecule has 172 valence electrons. The molecule has 1 amide bonds. The summed E-state index contributed by atoms with van der Waals surface area (Å²) in [6, 6.07) is 6.65. The molecule has 32 heavy (non-hydrogen) atoms. The monoisotopic (exact) mass is 443 g/mol. The molecule has 1 N–H and O–H groups in total. The van der Waals surface area contributed by atoms with Gasteiger partial charge in [-0.3, -0.25) is 9.69 Å². The molecule has 1 aliphatic heterocycles. The first-order valence-electron chi connectivity index (χ1n) is 10.5. The lowest BCUT2D eigenvalue weighted by Gasteiger charge is -2.34. The number of hydrogen-bond donors (Lipinski definition) is 1. The summed E-state index contributed by atoms with van der Waals surface area (Å²) in [5.41, 5.74) is 0.462. The Bertz CT molecular complexity index is 888. The summed E-state index contributed by atoms with van der Waals surface area (Å²) < 4.78 is 15.2. The average molecular weight is 444 g/mol. The van der Waals surface area contributed by atoms with Gasteiger partial charge in [0.1, 0.15) is 0 Å². The lowest BCUT2D eigenvalue weighted by Crippen LogP contribution is -2.47. The number of hydrogen-bond acceptors (Lipinski definition) is 9. The number of aromatic nitrogens is 2. The van der Waals surface area contributed by atoms with Crippen LogP contribution >= 0.6 is 0 Å². The summed E-state index contributed by atoms with van der Waals surface area (Å²) >= 11 is 0. The van der Waals surface area contributed by atoms with Crippen LogP contribution in [0.2, 0.25) is 0 Å². The van der Waals surface area contributed by atoms with Crippen LogP contribution in [0.1, 0.15) is 16.8 Å². The summed E-state index contributed by atoms with van der Waals surface area (Å²) in [7, 11) is 2.77. The molecule has 1 fully saturated rings. The minimum Gasteiger partial charge on any atom is -0.493 e. The van der Waals surface area contributed by atoms with E-state index in [-0.39, 0.29) is 12.5 Å². The number of carbonyl (C=O) groups excluding carboxylic acids is 2. The minimum atomic E-state index is -0.497. The van der Waals surface area contributed by atoms with Crippen LogP contribution in [0.3, 0.4) is 0 Å². The predicted molar refractivity (Wildman–Crippen MR) is 118 cm³/mol. The third-order valence-electron chi connectivity index (χ3n) is 5.14. The van der Waals surface area contributed by atoms with E-state index in [4.69, 9.17) is 9.47 Å². The maximum absolute atomic E-state index is 12.5. The Hall–Kier alpha value is -3.40. The van der Waals surface area contributed by atoms with Gasteiger partial charge < -0.3 is 24.4 Å². The first kappa shape index (κ1) is 23.3. The zero-order valence-electron chi connectivity index (χ0n) is 18.5. The molecular formula is C22H29N5O5. The minimum absolute atomic E-state index is 0.186. The number of ether oxygens (including phenoxy) is 3. The van der Waals surface area contributed by atoms with Crippen molar-refractivity contribution in [1.82, 2.24) is 20.2 Å². The second kappa shape index (κ2) is 11.8. The Morgan fingerprint density at radius 3 is 2.50 bits per heavy atom. The maximum Gasteiger partial charge on any atom is 0.343 e. The van der Waals surface area contributed by atoms with Crippen molar-refractivity contribution in [2.24, 2.45) is 0 Å². The van der Waals surface area contributed by atoms with Gasteiger partial charge in [-0.25, -0.2) is 14.8 Å². The molecule has 0 radical (unpaired) electrons. The second-order valence-corrected chi connectivity index (χ2v) is 7.22. The highest BCUT2D eigenvalue weighted by Crippen LogP contribution is 2.28. The van der Waals surface area contributed by atoms with E-state index in [9.17, 15) is 9.59 Å². The molecule has 2 aromatic rings. The van der Waals surface area contributed by atoms with Gasteiger partial charge in [0, 0.05) is 50.7 Å². The number of nitrogens with zero attached hydrogens (tertiary/aromatic N) is 4. The number of esters is 1. The molecule has 1 aliphatic rings. The molecule has 2 heterocycles. The van der Waals surface area contributed by atoms with Gasteiger partial charge in [-0.05, 0) is 37.2 Å². The van der Waals surface area contributed by atoms with E-state index in [2.05, 4.69) is 29.8 Å². The average Bonchev–Trinajstić information content (AvgIpc) is 2.85. The normalized spacial score (nSPS) is 14.0. The SMILES string of the molecule is COC(=O)COc1ccc(C(=O)NCCCN2CCN(c3ncccn3)CC2)cc1OC. The second-order valence-electron chi connectivity index (χ2n) is 7.22. The molecule has 0 unspecified atom stereocenters. The van der Waals surface area contributed by atoms with Crippen LogP contribution in [0.15, 0.2) is 36.7 Å². The van der Waals surface area contributed by atoms with Crippen molar-refractivity contribution in [3.05, 3.63) is 42.2 Å². The standard InChI is InChI=1S/C22H29N5O5/c1-30-19-15-17(5-6-18(19)32-16-20(28)31-2)21(29)23-9-4-10-26-11-13-27(14-12-26)22-24-7-3-8-25-22/h3,5-8,15H,4,9-14,16H2,1-2H3,(H,23,29). The summed E-state index contributed by atoms with van der Waals surface area (Å²) in [5.74, 6) is 0.838. The van der Waals surface area contributed by atoms with Crippen molar-refractivity contribution < 1.29 is 23.8 Å². The molecule has 1 aromatic carbocycles. The Morgan fingerprint density at radius 1 is 1.06 bits per heavy atom. The molecule has 0 atom stereocenters. The number of methoxy groups -OCH3 is 2. The topological polar surface area (TPSA) is 106 Å². The molecule has 0 saturated carbocycles. The van der Waals surface area contributed by atoms with Crippen molar-refractivity contribution in [3.8, 4) is 11.5 Å². The van der Waals surface area contributed by atoms with Crippen molar-refractivity contribution in [2.45, 2.75) is 6.42 Å². The molecular weight excluding hydrogens is 414 g/mol. The van der Waals surface area contributed by atoms with Gasteiger partial charge in [-0.2, -0.15) is 0 Å². The number of rotatable bonds is 10. The molecule has 0 bridgehead atoms. The molecule has 10 heteroatoms. The molecule has 10 nitrogen and oxygen atoms in total. The zero-order valence-corrected chi connectivity index (χ0v) is 18.5. The molecule has 1 saturated heterocycles. The number of benzene rings is 1. The van der Waals surface area contributed by atoms with Gasteiger partial charge in [-0.1, -0.05) is 0 Å². The van der Waals surface area contributed by atoms with E-state index >= 15 is 0 Å².